The zero-order chi connectivity index (χ0) is 17.1. The lowest BCUT2D eigenvalue weighted by atomic mass is 10.1. The molecule has 1 aliphatic heterocycles. The van der Waals surface area contributed by atoms with E-state index in [1.807, 2.05) is 21.0 Å². The molecule has 0 aliphatic carbocycles. The summed E-state index contributed by atoms with van der Waals surface area (Å²) in [5, 5.41) is 6.83. The Morgan fingerprint density at radius 1 is 1.33 bits per heavy atom. The van der Waals surface area contributed by atoms with Crippen molar-refractivity contribution in [3.63, 3.8) is 0 Å². The Hall–Kier alpha value is -0.830. The number of guanidine groups is 1. The number of carbonyl (C=O) groups is 1. The molecule has 0 aromatic carbocycles. The van der Waals surface area contributed by atoms with Gasteiger partial charge in [-0.2, -0.15) is 0 Å². The summed E-state index contributed by atoms with van der Waals surface area (Å²) >= 11 is 0. The van der Waals surface area contributed by atoms with Gasteiger partial charge in [-0.1, -0.05) is 12.2 Å². The van der Waals surface area contributed by atoms with E-state index in [9.17, 15) is 4.79 Å². The third-order valence-electron chi connectivity index (χ3n) is 3.93. The summed E-state index contributed by atoms with van der Waals surface area (Å²) in [4.78, 5) is 20.3. The molecule has 0 bridgehead atoms. The topological polar surface area (TPSA) is 60.0 Å². The van der Waals surface area contributed by atoms with E-state index in [1.54, 1.807) is 4.90 Å². The first-order chi connectivity index (χ1) is 11.1. The number of piperidine rings is 1. The fourth-order valence-corrected chi connectivity index (χ4v) is 2.50. The van der Waals surface area contributed by atoms with Gasteiger partial charge in [0.15, 0.2) is 5.96 Å². The van der Waals surface area contributed by atoms with Gasteiger partial charge in [0, 0.05) is 46.3 Å². The summed E-state index contributed by atoms with van der Waals surface area (Å²) < 4.78 is 0. The van der Waals surface area contributed by atoms with E-state index in [-0.39, 0.29) is 29.9 Å². The van der Waals surface area contributed by atoms with Gasteiger partial charge in [-0.3, -0.25) is 14.7 Å². The van der Waals surface area contributed by atoms with Crippen molar-refractivity contribution in [3.05, 3.63) is 12.2 Å². The van der Waals surface area contributed by atoms with E-state index >= 15 is 0 Å². The van der Waals surface area contributed by atoms with Crippen LogP contribution in [0.2, 0.25) is 0 Å². The molecule has 0 aromatic rings. The summed E-state index contributed by atoms with van der Waals surface area (Å²) in [6.45, 7) is 8.21. The van der Waals surface area contributed by atoms with Crippen molar-refractivity contribution in [2.24, 2.45) is 4.99 Å². The third-order valence-corrected chi connectivity index (χ3v) is 3.93. The van der Waals surface area contributed by atoms with Crippen LogP contribution < -0.4 is 10.6 Å². The van der Waals surface area contributed by atoms with Crippen LogP contribution in [-0.2, 0) is 4.79 Å². The number of likely N-dealkylation sites (tertiary alicyclic amines) is 1. The van der Waals surface area contributed by atoms with Gasteiger partial charge in [-0.15, -0.1) is 24.0 Å². The first-order valence-corrected chi connectivity index (χ1v) is 8.65. The average Bonchev–Trinajstić information content (AvgIpc) is 2.53. The Morgan fingerprint density at radius 2 is 2.00 bits per heavy atom. The lowest BCUT2D eigenvalue weighted by Crippen LogP contribution is -2.50. The van der Waals surface area contributed by atoms with Crippen LogP contribution in [0.3, 0.4) is 0 Å². The molecule has 0 radical (unpaired) electrons. The quantitative estimate of drug-likeness (QED) is 0.203. The highest BCUT2D eigenvalue weighted by Gasteiger charge is 2.21. The maximum absolute atomic E-state index is 11.8. The highest BCUT2D eigenvalue weighted by molar-refractivity contribution is 14.0. The minimum atomic E-state index is 0. The number of amides is 1. The second kappa shape index (κ2) is 13.5. The number of allylic oxidation sites excluding steroid dienone is 1. The average molecular weight is 451 g/mol. The van der Waals surface area contributed by atoms with Crippen LogP contribution >= 0.6 is 24.0 Å². The highest BCUT2D eigenvalue weighted by atomic mass is 127. The molecule has 1 heterocycles. The molecule has 0 saturated carbocycles. The molecule has 1 amide bonds. The number of hydrogen-bond acceptors (Lipinski definition) is 3. The van der Waals surface area contributed by atoms with Crippen molar-refractivity contribution in [2.75, 3.05) is 46.8 Å². The maximum atomic E-state index is 11.8. The van der Waals surface area contributed by atoms with Gasteiger partial charge in [0.05, 0.1) is 6.54 Å². The normalized spacial score (nSPS) is 16.8. The van der Waals surface area contributed by atoms with Crippen molar-refractivity contribution in [1.82, 2.24) is 20.4 Å². The first kappa shape index (κ1) is 23.2. The lowest BCUT2D eigenvalue weighted by Gasteiger charge is -2.33. The molecule has 7 heteroatoms. The molecular formula is C17H34IN5O. The number of aliphatic imine (C=N–C) groups is 1. The van der Waals surface area contributed by atoms with Gasteiger partial charge in [0.2, 0.25) is 5.91 Å². The van der Waals surface area contributed by atoms with E-state index in [0.717, 1.165) is 51.4 Å². The van der Waals surface area contributed by atoms with Crippen molar-refractivity contribution in [2.45, 2.75) is 39.2 Å². The SMILES string of the molecule is C/C=C/CCN=C(NCC)NC1CCN(CC(=O)N(C)C)CC1.I. The molecule has 1 fully saturated rings. The van der Waals surface area contributed by atoms with E-state index < -0.39 is 0 Å². The summed E-state index contributed by atoms with van der Waals surface area (Å²) in [7, 11) is 3.62. The van der Waals surface area contributed by atoms with Crippen LogP contribution in [-0.4, -0.2) is 74.5 Å². The molecule has 140 valence electrons. The molecular weight excluding hydrogens is 417 g/mol. The summed E-state index contributed by atoms with van der Waals surface area (Å²) in [6, 6.07) is 0.431. The number of nitrogens with zero attached hydrogens (tertiary/aromatic N) is 3. The lowest BCUT2D eigenvalue weighted by molar-refractivity contribution is -0.130. The van der Waals surface area contributed by atoms with Crippen molar-refractivity contribution >= 4 is 35.8 Å². The number of carbonyl (C=O) groups excluding carboxylic acids is 1. The molecule has 6 nitrogen and oxygen atoms in total. The smallest absolute Gasteiger partial charge is 0.236 e. The zero-order valence-electron chi connectivity index (χ0n) is 15.5. The van der Waals surface area contributed by atoms with Crippen LogP contribution in [0.25, 0.3) is 0 Å². The second-order valence-corrected chi connectivity index (χ2v) is 6.10. The van der Waals surface area contributed by atoms with Gasteiger partial charge in [0.1, 0.15) is 0 Å². The first-order valence-electron chi connectivity index (χ1n) is 8.65. The Bertz CT molecular complexity index is 404. The minimum Gasteiger partial charge on any atom is -0.357 e. The largest absolute Gasteiger partial charge is 0.357 e. The summed E-state index contributed by atoms with van der Waals surface area (Å²) in [5.74, 6) is 1.08. The van der Waals surface area contributed by atoms with E-state index in [2.05, 4.69) is 39.6 Å². The number of likely N-dealkylation sites (N-methyl/N-ethyl adjacent to an activating group) is 1. The fraction of sp³-hybridized carbons (Fsp3) is 0.765. The van der Waals surface area contributed by atoms with E-state index in [0.29, 0.717) is 12.6 Å². The number of nitrogens with one attached hydrogen (secondary N) is 2. The predicted octanol–water partition coefficient (Wildman–Crippen LogP) is 1.68. The monoisotopic (exact) mass is 451 g/mol. The molecule has 24 heavy (non-hydrogen) atoms. The zero-order valence-corrected chi connectivity index (χ0v) is 17.9. The number of rotatable bonds is 7. The minimum absolute atomic E-state index is 0. The van der Waals surface area contributed by atoms with Gasteiger partial charge >= 0.3 is 0 Å². The van der Waals surface area contributed by atoms with Crippen LogP contribution in [0, 0.1) is 0 Å². The highest BCUT2D eigenvalue weighted by Crippen LogP contribution is 2.10. The molecule has 1 aliphatic rings. The molecule has 0 aromatic heterocycles. The number of halogens is 1. The Kier molecular flexibility index (Phi) is 13.0. The predicted molar refractivity (Wildman–Crippen MR) is 112 cm³/mol. The van der Waals surface area contributed by atoms with Crippen molar-refractivity contribution in [3.8, 4) is 0 Å². The molecule has 0 unspecified atom stereocenters. The molecule has 2 N–H and O–H groups in total. The molecule has 1 rings (SSSR count). The van der Waals surface area contributed by atoms with Gasteiger partial charge in [-0.25, -0.2) is 0 Å². The van der Waals surface area contributed by atoms with Crippen LogP contribution in [0.15, 0.2) is 17.1 Å². The van der Waals surface area contributed by atoms with Crippen LogP contribution in [0.1, 0.15) is 33.1 Å². The summed E-state index contributed by atoms with van der Waals surface area (Å²) in [5.41, 5.74) is 0. The van der Waals surface area contributed by atoms with Gasteiger partial charge in [0.25, 0.3) is 0 Å². The van der Waals surface area contributed by atoms with E-state index in [4.69, 9.17) is 0 Å². The van der Waals surface area contributed by atoms with E-state index in [1.165, 1.54) is 0 Å². The standard InChI is InChI=1S/C17H33N5O.HI/c1-5-7-8-11-19-17(18-6-2)20-15-9-12-22(13-10-15)14-16(23)21(3)4;/h5,7,15H,6,8-14H2,1-4H3,(H2,18,19,20);1H/b7-5+;. The third kappa shape index (κ3) is 9.46. The fourth-order valence-electron chi connectivity index (χ4n) is 2.50. The number of hydrogen-bond donors (Lipinski definition) is 2. The van der Waals surface area contributed by atoms with Crippen molar-refractivity contribution in [1.29, 1.82) is 0 Å². The second-order valence-electron chi connectivity index (χ2n) is 6.10. The van der Waals surface area contributed by atoms with Gasteiger partial charge in [-0.05, 0) is 33.1 Å². The Labute approximate surface area is 164 Å². The molecule has 1 saturated heterocycles. The van der Waals surface area contributed by atoms with Crippen LogP contribution in [0.4, 0.5) is 0 Å². The van der Waals surface area contributed by atoms with Crippen molar-refractivity contribution < 1.29 is 4.79 Å². The van der Waals surface area contributed by atoms with Crippen LogP contribution in [0.5, 0.6) is 0 Å². The maximum Gasteiger partial charge on any atom is 0.236 e. The molecule has 0 atom stereocenters. The van der Waals surface area contributed by atoms with Gasteiger partial charge < -0.3 is 15.5 Å². The Balaban J connectivity index is 0.00000529. The molecule has 0 spiro atoms. The Morgan fingerprint density at radius 3 is 2.54 bits per heavy atom. The summed E-state index contributed by atoms with van der Waals surface area (Å²) in [6.07, 6.45) is 7.24.